The Morgan fingerprint density at radius 2 is 1.93 bits per heavy atom. The Balaban J connectivity index is 1.69. The van der Waals surface area contributed by atoms with Crippen molar-refractivity contribution in [3.05, 3.63) is 76.4 Å². The summed E-state index contributed by atoms with van der Waals surface area (Å²) in [6.07, 6.45) is 1.87. The van der Waals surface area contributed by atoms with Gasteiger partial charge in [-0.3, -0.25) is 9.36 Å². The van der Waals surface area contributed by atoms with Gasteiger partial charge in [0.15, 0.2) is 5.65 Å². The van der Waals surface area contributed by atoms with Gasteiger partial charge in [0, 0.05) is 18.2 Å². The number of nitrogens with one attached hydrogen (secondary N) is 1. The number of imidazole rings is 1. The summed E-state index contributed by atoms with van der Waals surface area (Å²) < 4.78 is 2.89. The molecule has 5 rings (SSSR count). The average Bonchev–Trinajstić information content (AvgIpc) is 3.29. The molecular formula is C23H19BrN4O. The highest BCUT2D eigenvalue weighted by atomic mass is 79.9. The third-order valence-electron chi connectivity index (χ3n) is 5.34. The topological polar surface area (TPSA) is 59.8 Å². The molecule has 1 N–H and O–H groups in total. The van der Waals surface area contributed by atoms with E-state index in [0.717, 1.165) is 45.7 Å². The number of aryl methyl sites for hydroxylation is 1. The van der Waals surface area contributed by atoms with Crippen molar-refractivity contribution in [3.63, 3.8) is 0 Å². The van der Waals surface area contributed by atoms with Crippen molar-refractivity contribution in [1.82, 2.24) is 19.9 Å². The molecule has 4 aromatic rings. The molecule has 1 atom stereocenters. The Morgan fingerprint density at radius 3 is 2.72 bits per heavy atom. The number of benzene rings is 2. The lowest BCUT2D eigenvalue weighted by Crippen LogP contribution is -2.24. The predicted molar refractivity (Wildman–Crippen MR) is 117 cm³/mol. The third kappa shape index (κ3) is 3.23. The lowest BCUT2D eigenvalue weighted by Gasteiger charge is -2.14. The maximum absolute atomic E-state index is 11.5. The fraction of sp³-hybridized carbons (Fsp3) is 0.174. The van der Waals surface area contributed by atoms with Crippen LogP contribution in [0.1, 0.15) is 30.5 Å². The van der Waals surface area contributed by atoms with E-state index in [0.29, 0.717) is 0 Å². The van der Waals surface area contributed by atoms with Crippen LogP contribution in [0, 0.1) is 0 Å². The number of hydrogen-bond donors (Lipinski definition) is 1. The first-order valence-corrected chi connectivity index (χ1v) is 10.4. The number of carbonyl (C=O) groups is 1. The summed E-state index contributed by atoms with van der Waals surface area (Å²) in [5.74, 6) is 0.871. The predicted octanol–water partition coefficient (Wildman–Crippen LogP) is 4.97. The van der Waals surface area contributed by atoms with Crippen molar-refractivity contribution in [1.29, 1.82) is 0 Å². The maximum Gasteiger partial charge on any atom is 0.217 e. The molecule has 1 aliphatic rings. The summed E-state index contributed by atoms with van der Waals surface area (Å²) in [5.41, 5.74) is 6.19. The van der Waals surface area contributed by atoms with Gasteiger partial charge in [0.1, 0.15) is 15.9 Å². The fourth-order valence-corrected chi connectivity index (χ4v) is 4.40. The highest BCUT2D eigenvalue weighted by Gasteiger charge is 2.24. The molecule has 0 saturated carbocycles. The molecule has 0 saturated heterocycles. The van der Waals surface area contributed by atoms with E-state index in [2.05, 4.69) is 56.1 Å². The van der Waals surface area contributed by atoms with Gasteiger partial charge in [-0.25, -0.2) is 9.97 Å². The van der Waals surface area contributed by atoms with Crippen molar-refractivity contribution in [2.45, 2.75) is 25.8 Å². The summed E-state index contributed by atoms with van der Waals surface area (Å²) >= 11 is 3.49. The van der Waals surface area contributed by atoms with E-state index in [4.69, 9.17) is 9.97 Å². The van der Waals surface area contributed by atoms with Crippen LogP contribution < -0.4 is 5.32 Å². The monoisotopic (exact) mass is 446 g/mol. The summed E-state index contributed by atoms with van der Waals surface area (Å²) in [4.78, 5) is 21.1. The van der Waals surface area contributed by atoms with Gasteiger partial charge >= 0.3 is 0 Å². The molecule has 1 amide bonds. The molecular weight excluding hydrogens is 428 g/mol. The number of nitrogens with zero attached hydrogens (tertiary/aromatic N) is 3. The Morgan fingerprint density at radius 1 is 1.10 bits per heavy atom. The number of pyridine rings is 1. The van der Waals surface area contributed by atoms with Gasteiger partial charge in [-0.15, -0.1) is 0 Å². The Hall–Kier alpha value is -2.99. The van der Waals surface area contributed by atoms with Crippen molar-refractivity contribution in [2.75, 3.05) is 0 Å². The highest BCUT2D eigenvalue weighted by Crippen LogP contribution is 2.35. The van der Waals surface area contributed by atoms with Crippen LogP contribution in [0.4, 0.5) is 0 Å². The number of aromatic nitrogens is 3. The molecule has 5 nitrogen and oxygen atoms in total. The summed E-state index contributed by atoms with van der Waals surface area (Å²) in [6.45, 7) is 1.57. The Labute approximate surface area is 176 Å². The van der Waals surface area contributed by atoms with Crippen molar-refractivity contribution >= 4 is 33.0 Å². The molecule has 0 unspecified atom stereocenters. The molecule has 2 aromatic heterocycles. The average molecular weight is 447 g/mol. The minimum absolute atomic E-state index is 0.00736. The molecule has 1 aliphatic carbocycles. The number of fused-ring (bicyclic) bond motifs is 2. The van der Waals surface area contributed by atoms with Crippen LogP contribution in [0.15, 0.2) is 65.3 Å². The lowest BCUT2D eigenvalue weighted by atomic mass is 10.1. The van der Waals surface area contributed by atoms with E-state index >= 15 is 0 Å². The second-order valence-corrected chi connectivity index (χ2v) is 8.10. The van der Waals surface area contributed by atoms with Gasteiger partial charge in [-0.1, -0.05) is 36.4 Å². The van der Waals surface area contributed by atoms with Crippen LogP contribution in [-0.2, 0) is 11.2 Å². The number of halogens is 1. The molecule has 144 valence electrons. The normalized spacial score (nSPS) is 15.4. The second-order valence-electron chi connectivity index (χ2n) is 7.29. The van der Waals surface area contributed by atoms with Crippen LogP contribution in [0.2, 0.25) is 0 Å². The van der Waals surface area contributed by atoms with Gasteiger partial charge in [0.2, 0.25) is 5.91 Å². The number of hydrogen-bond acceptors (Lipinski definition) is 3. The van der Waals surface area contributed by atoms with Gasteiger partial charge in [-0.2, -0.15) is 0 Å². The zero-order valence-corrected chi connectivity index (χ0v) is 17.5. The minimum atomic E-state index is 0.00736. The van der Waals surface area contributed by atoms with Crippen LogP contribution in [-0.4, -0.2) is 20.4 Å². The number of carbonyl (C=O) groups excluding carboxylic acids is 1. The molecule has 0 aliphatic heterocycles. The van der Waals surface area contributed by atoms with Gasteiger partial charge in [0.25, 0.3) is 0 Å². The molecule has 6 heteroatoms. The van der Waals surface area contributed by atoms with Gasteiger partial charge in [0.05, 0.1) is 6.04 Å². The first kappa shape index (κ1) is 18.1. The number of amides is 1. The third-order valence-corrected chi connectivity index (χ3v) is 5.78. The molecule has 2 aromatic carbocycles. The van der Waals surface area contributed by atoms with E-state index in [1.807, 2.05) is 30.3 Å². The first-order chi connectivity index (χ1) is 14.1. The summed E-state index contributed by atoms with van der Waals surface area (Å²) in [6, 6.07) is 20.6. The summed E-state index contributed by atoms with van der Waals surface area (Å²) in [5, 5.41) is 3.05. The molecule has 2 heterocycles. The van der Waals surface area contributed by atoms with Gasteiger partial charge < -0.3 is 5.32 Å². The zero-order valence-electron chi connectivity index (χ0n) is 15.9. The smallest absolute Gasteiger partial charge is 0.217 e. The van der Waals surface area contributed by atoms with E-state index in [1.54, 1.807) is 6.92 Å². The highest BCUT2D eigenvalue weighted by molar-refractivity contribution is 9.10. The van der Waals surface area contributed by atoms with Crippen LogP contribution >= 0.6 is 15.9 Å². The van der Waals surface area contributed by atoms with Crippen molar-refractivity contribution in [3.8, 4) is 17.1 Å². The fourth-order valence-electron chi connectivity index (χ4n) is 4.10. The molecule has 0 fully saturated rings. The molecule has 0 bridgehead atoms. The molecule has 0 radical (unpaired) electrons. The van der Waals surface area contributed by atoms with E-state index in [1.165, 1.54) is 11.1 Å². The first-order valence-electron chi connectivity index (χ1n) is 9.61. The SMILES string of the molecule is CC(=O)N[C@H]1CCc2cc(-n3c(-c4ccccc4)nc4ccc(Br)nc43)ccc21. The van der Waals surface area contributed by atoms with E-state index in [-0.39, 0.29) is 11.9 Å². The van der Waals surface area contributed by atoms with Crippen molar-refractivity contribution in [2.24, 2.45) is 0 Å². The lowest BCUT2D eigenvalue weighted by molar-refractivity contribution is -0.119. The molecule has 0 spiro atoms. The van der Waals surface area contributed by atoms with Crippen LogP contribution in [0.5, 0.6) is 0 Å². The Bertz CT molecular complexity index is 1230. The standard InChI is InChI=1S/C23H19BrN4O/c1-14(29)25-19-10-7-16-13-17(8-9-18(16)19)28-22(15-5-3-2-4-6-15)26-20-11-12-21(24)27-23(20)28/h2-6,8-9,11-13,19H,7,10H2,1H3,(H,25,29)/t19-/m0/s1. The Kier molecular flexibility index (Phi) is 4.43. The molecule has 29 heavy (non-hydrogen) atoms. The largest absolute Gasteiger partial charge is 0.350 e. The maximum atomic E-state index is 11.5. The zero-order chi connectivity index (χ0) is 20.0. The second kappa shape index (κ2) is 7.12. The van der Waals surface area contributed by atoms with Crippen LogP contribution in [0.3, 0.4) is 0 Å². The summed E-state index contributed by atoms with van der Waals surface area (Å²) in [7, 11) is 0. The van der Waals surface area contributed by atoms with Gasteiger partial charge in [-0.05, 0) is 64.2 Å². The van der Waals surface area contributed by atoms with Crippen LogP contribution in [0.25, 0.3) is 28.2 Å². The number of rotatable bonds is 3. The van der Waals surface area contributed by atoms with E-state index < -0.39 is 0 Å². The van der Waals surface area contributed by atoms with E-state index in [9.17, 15) is 4.79 Å². The minimum Gasteiger partial charge on any atom is -0.350 e. The van der Waals surface area contributed by atoms with Crippen molar-refractivity contribution < 1.29 is 4.79 Å². The quantitative estimate of drug-likeness (QED) is 0.451.